The summed E-state index contributed by atoms with van der Waals surface area (Å²) in [5.41, 5.74) is 1.09. The third-order valence-electron chi connectivity index (χ3n) is 2.93. The maximum absolute atomic E-state index is 5.94. The molecule has 0 aliphatic heterocycles. The molecule has 2 aromatic rings. The van der Waals surface area contributed by atoms with E-state index in [1.807, 2.05) is 37.3 Å². The Bertz CT molecular complexity index is 511. The van der Waals surface area contributed by atoms with Gasteiger partial charge in [0.05, 0.1) is 12.3 Å². The molecule has 1 unspecified atom stereocenters. The maximum Gasteiger partial charge on any atom is 0.123 e. The fraction of sp³-hybridized carbons (Fsp3) is 0.333. The summed E-state index contributed by atoms with van der Waals surface area (Å²) >= 11 is 5.94. The van der Waals surface area contributed by atoms with Crippen molar-refractivity contribution in [2.45, 2.75) is 19.9 Å². The van der Waals surface area contributed by atoms with Crippen LogP contribution in [0.4, 0.5) is 0 Å². The molecule has 0 aliphatic rings. The van der Waals surface area contributed by atoms with Gasteiger partial charge < -0.3 is 14.5 Å². The zero-order valence-corrected chi connectivity index (χ0v) is 11.9. The van der Waals surface area contributed by atoms with Crippen LogP contribution in [0.25, 0.3) is 0 Å². The van der Waals surface area contributed by atoms with Crippen LogP contribution in [-0.2, 0) is 0 Å². The summed E-state index contributed by atoms with van der Waals surface area (Å²) in [7, 11) is 0. The Balaban J connectivity index is 1.76. The number of benzene rings is 1. The van der Waals surface area contributed by atoms with E-state index in [9.17, 15) is 0 Å². The second kappa shape index (κ2) is 6.64. The van der Waals surface area contributed by atoms with Crippen LogP contribution in [0, 0.1) is 6.92 Å². The van der Waals surface area contributed by atoms with Crippen LogP contribution in [0.5, 0.6) is 5.75 Å². The van der Waals surface area contributed by atoms with Crippen LogP contribution < -0.4 is 10.1 Å². The van der Waals surface area contributed by atoms with Crippen molar-refractivity contribution in [2.24, 2.45) is 0 Å². The molecule has 4 heteroatoms. The van der Waals surface area contributed by atoms with Crippen LogP contribution in [-0.4, -0.2) is 13.2 Å². The lowest BCUT2D eigenvalue weighted by molar-refractivity contribution is 0.300. The SMILES string of the molecule is Cc1ccc(Cl)cc1OCCNC(C)c1ccco1. The van der Waals surface area contributed by atoms with Crippen LogP contribution in [0.3, 0.4) is 0 Å². The normalized spacial score (nSPS) is 12.4. The van der Waals surface area contributed by atoms with Gasteiger partial charge in [-0.25, -0.2) is 0 Å². The van der Waals surface area contributed by atoms with Gasteiger partial charge in [0.25, 0.3) is 0 Å². The number of hydrogen-bond acceptors (Lipinski definition) is 3. The molecule has 0 saturated carbocycles. The zero-order valence-electron chi connectivity index (χ0n) is 11.2. The van der Waals surface area contributed by atoms with Crippen molar-refractivity contribution in [2.75, 3.05) is 13.2 Å². The van der Waals surface area contributed by atoms with E-state index < -0.39 is 0 Å². The predicted molar refractivity (Wildman–Crippen MR) is 76.8 cm³/mol. The second-order valence-corrected chi connectivity index (χ2v) is 4.89. The zero-order chi connectivity index (χ0) is 13.7. The van der Waals surface area contributed by atoms with Gasteiger partial charge >= 0.3 is 0 Å². The highest BCUT2D eigenvalue weighted by Crippen LogP contribution is 2.22. The molecule has 19 heavy (non-hydrogen) atoms. The summed E-state index contributed by atoms with van der Waals surface area (Å²) in [5.74, 6) is 1.76. The number of aryl methyl sites for hydroxylation is 1. The van der Waals surface area contributed by atoms with E-state index in [1.54, 1.807) is 6.26 Å². The number of ether oxygens (including phenoxy) is 1. The predicted octanol–water partition coefficient (Wildman–Crippen LogP) is 3.97. The minimum Gasteiger partial charge on any atom is -0.492 e. The molecule has 0 radical (unpaired) electrons. The first kappa shape index (κ1) is 14.0. The molecule has 3 nitrogen and oxygen atoms in total. The highest BCUT2D eigenvalue weighted by atomic mass is 35.5. The lowest BCUT2D eigenvalue weighted by Gasteiger charge is -2.13. The first-order valence-corrected chi connectivity index (χ1v) is 6.70. The van der Waals surface area contributed by atoms with E-state index in [4.69, 9.17) is 20.8 Å². The molecule has 0 saturated heterocycles. The van der Waals surface area contributed by atoms with E-state index in [0.717, 1.165) is 23.6 Å². The van der Waals surface area contributed by atoms with Gasteiger partial charge in [0.2, 0.25) is 0 Å². The number of nitrogens with one attached hydrogen (secondary N) is 1. The van der Waals surface area contributed by atoms with Gasteiger partial charge in [-0.3, -0.25) is 0 Å². The summed E-state index contributed by atoms with van der Waals surface area (Å²) in [5, 5.41) is 4.03. The van der Waals surface area contributed by atoms with Crippen molar-refractivity contribution in [3.05, 3.63) is 52.9 Å². The Hall–Kier alpha value is -1.45. The van der Waals surface area contributed by atoms with Gasteiger partial charge in [0, 0.05) is 11.6 Å². The molecule has 1 heterocycles. The lowest BCUT2D eigenvalue weighted by Crippen LogP contribution is -2.24. The highest BCUT2D eigenvalue weighted by Gasteiger charge is 2.07. The molecule has 1 aromatic heterocycles. The molecule has 0 aliphatic carbocycles. The van der Waals surface area contributed by atoms with Crippen molar-refractivity contribution < 1.29 is 9.15 Å². The number of rotatable bonds is 6. The Kier molecular flexibility index (Phi) is 4.88. The Labute approximate surface area is 118 Å². The van der Waals surface area contributed by atoms with Gasteiger partial charge in [-0.1, -0.05) is 17.7 Å². The quantitative estimate of drug-likeness (QED) is 0.813. The van der Waals surface area contributed by atoms with E-state index >= 15 is 0 Å². The fourth-order valence-corrected chi connectivity index (χ4v) is 1.97. The van der Waals surface area contributed by atoms with E-state index in [1.165, 1.54) is 0 Å². The van der Waals surface area contributed by atoms with Crippen molar-refractivity contribution in [1.29, 1.82) is 0 Å². The number of hydrogen-bond donors (Lipinski definition) is 1. The van der Waals surface area contributed by atoms with Crippen molar-refractivity contribution >= 4 is 11.6 Å². The third kappa shape index (κ3) is 4.01. The highest BCUT2D eigenvalue weighted by molar-refractivity contribution is 6.30. The van der Waals surface area contributed by atoms with Crippen molar-refractivity contribution in [3.8, 4) is 5.75 Å². The molecule has 0 bridgehead atoms. The first-order valence-electron chi connectivity index (χ1n) is 6.32. The van der Waals surface area contributed by atoms with E-state index in [0.29, 0.717) is 11.6 Å². The molecule has 2 rings (SSSR count). The molecule has 0 fully saturated rings. The summed E-state index contributed by atoms with van der Waals surface area (Å²) < 4.78 is 11.0. The molecular formula is C15H18ClNO2. The van der Waals surface area contributed by atoms with Gasteiger partial charge in [0.1, 0.15) is 18.1 Å². The van der Waals surface area contributed by atoms with Crippen LogP contribution in [0.15, 0.2) is 41.0 Å². The summed E-state index contributed by atoms with van der Waals surface area (Å²) in [4.78, 5) is 0. The van der Waals surface area contributed by atoms with Crippen molar-refractivity contribution in [3.63, 3.8) is 0 Å². The molecule has 0 amide bonds. The molecule has 0 spiro atoms. The van der Waals surface area contributed by atoms with Crippen LogP contribution in [0.1, 0.15) is 24.3 Å². The monoisotopic (exact) mass is 279 g/mol. The standard InChI is InChI=1S/C15H18ClNO2/c1-11-5-6-13(16)10-15(11)19-9-7-17-12(2)14-4-3-8-18-14/h3-6,8,10,12,17H,7,9H2,1-2H3. The molecular weight excluding hydrogens is 262 g/mol. The van der Waals surface area contributed by atoms with Crippen LogP contribution in [0.2, 0.25) is 5.02 Å². The topological polar surface area (TPSA) is 34.4 Å². The summed E-state index contributed by atoms with van der Waals surface area (Å²) in [6, 6.07) is 9.68. The maximum atomic E-state index is 5.94. The minimum atomic E-state index is 0.180. The molecule has 1 N–H and O–H groups in total. The van der Waals surface area contributed by atoms with Gasteiger partial charge in [-0.05, 0) is 43.7 Å². The van der Waals surface area contributed by atoms with E-state index in [2.05, 4.69) is 12.2 Å². The molecule has 1 atom stereocenters. The summed E-state index contributed by atoms with van der Waals surface area (Å²) in [6.45, 7) is 5.40. The smallest absolute Gasteiger partial charge is 0.123 e. The minimum absolute atomic E-state index is 0.180. The second-order valence-electron chi connectivity index (χ2n) is 4.45. The third-order valence-corrected chi connectivity index (χ3v) is 3.17. The number of halogens is 1. The van der Waals surface area contributed by atoms with Crippen molar-refractivity contribution in [1.82, 2.24) is 5.32 Å². The lowest BCUT2D eigenvalue weighted by atomic mass is 10.2. The molecule has 102 valence electrons. The fourth-order valence-electron chi connectivity index (χ4n) is 1.80. The van der Waals surface area contributed by atoms with E-state index in [-0.39, 0.29) is 6.04 Å². The Morgan fingerprint density at radius 2 is 2.21 bits per heavy atom. The average Bonchev–Trinajstić information content (AvgIpc) is 2.92. The Morgan fingerprint density at radius 1 is 1.37 bits per heavy atom. The van der Waals surface area contributed by atoms with Gasteiger partial charge in [-0.15, -0.1) is 0 Å². The largest absolute Gasteiger partial charge is 0.492 e. The van der Waals surface area contributed by atoms with Gasteiger partial charge in [0.15, 0.2) is 0 Å². The van der Waals surface area contributed by atoms with Crippen LogP contribution >= 0.6 is 11.6 Å². The summed E-state index contributed by atoms with van der Waals surface area (Å²) in [6.07, 6.45) is 1.68. The van der Waals surface area contributed by atoms with Gasteiger partial charge in [-0.2, -0.15) is 0 Å². The first-order chi connectivity index (χ1) is 9.16. The molecule has 1 aromatic carbocycles. The number of furan rings is 1. The average molecular weight is 280 g/mol. The Morgan fingerprint density at radius 3 is 2.95 bits per heavy atom.